The Balaban J connectivity index is 2.85. The van der Waals surface area contributed by atoms with Crippen molar-refractivity contribution in [1.82, 2.24) is 4.98 Å². The Labute approximate surface area is 96.3 Å². The molecule has 0 spiro atoms. The molecule has 0 radical (unpaired) electrons. The van der Waals surface area contributed by atoms with Gasteiger partial charge in [0, 0.05) is 12.2 Å². The zero-order chi connectivity index (χ0) is 12.3. The number of amides is 1. The molecular weight excluding hydrogens is 202 g/mol. The maximum atomic E-state index is 11.9. The normalized spacial score (nSPS) is 11.3. The first-order valence-electron chi connectivity index (χ1n) is 5.32. The van der Waals surface area contributed by atoms with Gasteiger partial charge in [0.2, 0.25) is 5.91 Å². The molecule has 0 aliphatic rings. The van der Waals surface area contributed by atoms with Crippen LogP contribution in [-0.4, -0.2) is 17.4 Å². The molecule has 0 aromatic carbocycles. The summed E-state index contributed by atoms with van der Waals surface area (Å²) in [4.78, 5) is 16.2. The predicted octanol–water partition coefficient (Wildman–Crippen LogP) is 1.62. The van der Waals surface area contributed by atoms with Gasteiger partial charge in [0.1, 0.15) is 0 Å². The van der Waals surface area contributed by atoms with Gasteiger partial charge in [-0.15, -0.1) is 0 Å². The number of nitrogens with zero attached hydrogens (tertiary/aromatic N) is 1. The molecule has 4 nitrogen and oxygen atoms in total. The molecule has 0 aliphatic carbocycles. The average Bonchev–Trinajstić information content (AvgIpc) is 2.22. The average molecular weight is 221 g/mol. The summed E-state index contributed by atoms with van der Waals surface area (Å²) in [5, 5.41) is 2.85. The van der Waals surface area contributed by atoms with Gasteiger partial charge < -0.3 is 11.1 Å². The van der Waals surface area contributed by atoms with Gasteiger partial charge in [-0.3, -0.25) is 9.78 Å². The van der Waals surface area contributed by atoms with E-state index in [0.717, 1.165) is 17.1 Å². The van der Waals surface area contributed by atoms with Crippen LogP contribution in [0.15, 0.2) is 12.1 Å². The molecule has 1 aromatic rings. The number of anilines is 1. The zero-order valence-corrected chi connectivity index (χ0v) is 10.3. The molecule has 0 atom stereocenters. The zero-order valence-electron chi connectivity index (χ0n) is 10.3. The summed E-state index contributed by atoms with van der Waals surface area (Å²) >= 11 is 0. The quantitative estimate of drug-likeness (QED) is 0.815. The van der Waals surface area contributed by atoms with Gasteiger partial charge in [0.05, 0.1) is 16.8 Å². The molecule has 4 heteroatoms. The second-order valence-electron chi connectivity index (χ2n) is 4.63. The van der Waals surface area contributed by atoms with E-state index in [0.29, 0.717) is 6.54 Å². The number of carbonyl (C=O) groups is 1. The van der Waals surface area contributed by atoms with E-state index >= 15 is 0 Å². The molecule has 0 aliphatic heterocycles. The van der Waals surface area contributed by atoms with Crippen molar-refractivity contribution in [3.63, 3.8) is 0 Å². The van der Waals surface area contributed by atoms with Gasteiger partial charge >= 0.3 is 0 Å². The van der Waals surface area contributed by atoms with Crippen LogP contribution in [0.25, 0.3) is 0 Å². The van der Waals surface area contributed by atoms with E-state index in [9.17, 15) is 4.79 Å². The first-order valence-corrected chi connectivity index (χ1v) is 5.32. The van der Waals surface area contributed by atoms with Crippen molar-refractivity contribution in [3.8, 4) is 0 Å². The number of aromatic nitrogens is 1. The fraction of sp³-hybridized carbons (Fsp3) is 0.500. The molecule has 3 N–H and O–H groups in total. The Kier molecular flexibility index (Phi) is 3.65. The van der Waals surface area contributed by atoms with E-state index in [1.54, 1.807) is 0 Å². The van der Waals surface area contributed by atoms with Crippen LogP contribution in [-0.2, 0) is 4.79 Å². The summed E-state index contributed by atoms with van der Waals surface area (Å²) < 4.78 is 0. The van der Waals surface area contributed by atoms with Gasteiger partial charge in [-0.25, -0.2) is 0 Å². The van der Waals surface area contributed by atoms with Gasteiger partial charge in [0.25, 0.3) is 0 Å². The number of aryl methyl sites for hydroxylation is 2. The Morgan fingerprint density at radius 3 is 2.56 bits per heavy atom. The Morgan fingerprint density at radius 2 is 2.06 bits per heavy atom. The number of rotatable bonds is 3. The smallest absolute Gasteiger partial charge is 0.231 e. The van der Waals surface area contributed by atoms with Crippen LogP contribution >= 0.6 is 0 Å². The van der Waals surface area contributed by atoms with Crippen molar-refractivity contribution in [2.45, 2.75) is 27.7 Å². The molecule has 1 heterocycles. The number of hydrogen-bond donors (Lipinski definition) is 2. The lowest BCUT2D eigenvalue weighted by Gasteiger charge is -2.21. The van der Waals surface area contributed by atoms with Crippen LogP contribution in [0, 0.1) is 19.3 Å². The van der Waals surface area contributed by atoms with Gasteiger partial charge in [-0.1, -0.05) is 0 Å². The van der Waals surface area contributed by atoms with Crippen LogP contribution < -0.4 is 11.1 Å². The Bertz CT molecular complexity index is 399. The SMILES string of the molecule is Cc1ccc(NC(=O)C(C)(C)CN)c(C)n1. The van der Waals surface area contributed by atoms with Crippen LogP contribution in [0.4, 0.5) is 5.69 Å². The van der Waals surface area contributed by atoms with E-state index in [1.165, 1.54) is 0 Å². The topological polar surface area (TPSA) is 68.0 Å². The summed E-state index contributed by atoms with van der Waals surface area (Å²) in [5.74, 6) is -0.0799. The van der Waals surface area contributed by atoms with E-state index in [1.807, 2.05) is 39.8 Å². The number of pyridine rings is 1. The molecule has 0 saturated heterocycles. The third kappa shape index (κ3) is 2.79. The van der Waals surface area contributed by atoms with E-state index in [-0.39, 0.29) is 5.91 Å². The van der Waals surface area contributed by atoms with Crippen molar-refractivity contribution in [2.75, 3.05) is 11.9 Å². The molecule has 1 amide bonds. The minimum atomic E-state index is -0.558. The molecule has 88 valence electrons. The monoisotopic (exact) mass is 221 g/mol. The predicted molar refractivity (Wildman–Crippen MR) is 65.2 cm³/mol. The minimum Gasteiger partial charge on any atom is -0.329 e. The van der Waals surface area contributed by atoms with Gasteiger partial charge in [0.15, 0.2) is 0 Å². The largest absolute Gasteiger partial charge is 0.329 e. The number of carbonyl (C=O) groups excluding carboxylic acids is 1. The maximum absolute atomic E-state index is 11.9. The summed E-state index contributed by atoms with van der Waals surface area (Å²) in [6, 6.07) is 3.74. The summed E-state index contributed by atoms with van der Waals surface area (Å²) in [6.07, 6.45) is 0. The molecule has 0 fully saturated rings. The van der Waals surface area contributed by atoms with E-state index in [4.69, 9.17) is 5.73 Å². The lowest BCUT2D eigenvalue weighted by Crippen LogP contribution is -2.37. The summed E-state index contributed by atoms with van der Waals surface area (Å²) in [7, 11) is 0. The van der Waals surface area contributed by atoms with Gasteiger partial charge in [-0.2, -0.15) is 0 Å². The molecule has 0 unspecified atom stereocenters. The van der Waals surface area contributed by atoms with Crippen molar-refractivity contribution in [1.29, 1.82) is 0 Å². The number of nitrogens with two attached hydrogens (primary N) is 1. The van der Waals surface area contributed by atoms with Crippen molar-refractivity contribution in [3.05, 3.63) is 23.5 Å². The molecule has 16 heavy (non-hydrogen) atoms. The van der Waals surface area contributed by atoms with E-state index < -0.39 is 5.41 Å². The highest BCUT2D eigenvalue weighted by molar-refractivity contribution is 5.95. The van der Waals surface area contributed by atoms with Crippen LogP contribution in [0.3, 0.4) is 0 Å². The third-order valence-electron chi connectivity index (χ3n) is 2.60. The fourth-order valence-corrected chi connectivity index (χ4v) is 1.20. The Morgan fingerprint density at radius 1 is 1.44 bits per heavy atom. The molecule has 0 bridgehead atoms. The molecule has 0 saturated carbocycles. The maximum Gasteiger partial charge on any atom is 0.231 e. The number of hydrogen-bond acceptors (Lipinski definition) is 3. The first kappa shape index (κ1) is 12.6. The van der Waals surface area contributed by atoms with Crippen LogP contribution in [0.2, 0.25) is 0 Å². The fourth-order valence-electron chi connectivity index (χ4n) is 1.20. The first-order chi connectivity index (χ1) is 7.36. The highest BCUT2D eigenvalue weighted by Gasteiger charge is 2.26. The van der Waals surface area contributed by atoms with Crippen LogP contribution in [0.5, 0.6) is 0 Å². The minimum absolute atomic E-state index is 0.0799. The lowest BCUT2D eigenvalue weighted by molar-refractivity contribution is -0.123. The summed E-state index contributed by atoms with van der Waals surface area (Å²) in [6.45, 7) is 7.75. The standard InChI is InChI=1S/C12H19N3O/c1-8-5-6-10(9(2)14-8)15-11(16)12(3,4)7-13/h5-6H,7,13H2,1-4H3,(H,15,16). The Hall–Kier alpha value is -1.42. The molecule has 1 rings (SSSR count). The van der Waals surface area contributed by atoms with Gasteiger partial charge in [-0.05, 0) is 39.8 Å². The van der Waals surface area contributed by atoms with Crippen molar-refractivity contribution < 1.29 is 4.79 Å². The second-order valence-corrected chi connectivity index (χ2v) is 4.63. The molecular formula is C12H19N3O. The summed E-state index contributed by atoms with van der Waals surface area (Å²) in [5.41, 5.74) is 7.49. The molecule has 1 aromatic heterocycles. The van der Waals surface area contributed by atoms with Crippen molar-refractivity contribution >= 4 is 11.6 Å². The van der Waals surface area contributed by atoms with Crippen molar-refractivity contribution in [2.24, 2.45) is 11.1 Å². The highest BCUT2D eigenvalue weighted by atomic mass is 16.2. The lowest BCUT2D eigenvalue weighted by atomic mass is 9.92. The third-order valence-corrected chi connectivity index (χ3v) is 2.60. The highest BCUT2D eigenvalue weighted by Crippen LogP contribution is 2.18. The van der Waals surface area contributed by atoms with Crippen LogP contribution in [0.1, 0.15) is 25.2 Å². The van der Waals surface area contributed by atoms with E-state index in [2.05, 4.69) is 10.3 Å². The second kappa shape index (κ2) is 4.61. The number of nitrogens with one attached hydrogen (secondary N) is 1.